The van der Waals surface area contributed by atoms with Gasteiger partial charge in [0, 0.05) is 30.3 Å². The summed E-state index contributed by atoms with van der Waals surface area (Å²) in [4.78, 5) is 0. The van der Waals surface area contributed by atoms with Gasteiger partial charge < -0.3 is 19.9 Å². The fourth-order valence-corrected chi connectivity index (χ4v) is 1.90. The summed E-state index contributed by atoms with van der Waals surface area (Å²) in [7, 11) is 3.19. The van der Waals surface area contributed by atoms with E-state index in [9.17, 15) is 5.11 Å². The maximum atomic E-state index is 9.58. The van der Waals surface area contributed by atoms with E-state index in [-0.39, 0.29) is 6.04 Å². The molecule has 0 heterocycles. The van der Waals surface area contributed by atoms with E-state index < -0.39 is 6.10 Å². The van der Waals surface area contributed by atoms with Crippen LogP contribution in [0.3, 0.4) is 0 Å². The smallest absolute Gasteiger partial charge is 0.123 e. The predicted molar refractivity (Wildman–Crippen MR) is 72.3 cm³/mol. The quantitative estimate of drug-likeness (QED) is 0.798. The summed E-state index contributed by atoms with van der Waals surface area (Å²) in [5, 5.41) is 13.5. The third kappa shape index (κ3) is 4.46. The van der Waals surface area contributed by atoms with Gasteiger partial charge in [0.25, 0.3) is 0 Å². The first-order valence-corrected chi connectivity index (χ1v) is 6.20. The number of hydrogen-bond acceptors (Lipinski definition) is 4. The SMILES string of the molecule is COCC(O)CNC(C)c1cc(Cl)ccc1OC. The molecule has 18 heavy (non-hydrogen) atoms. The maximum absolute atomic E-state index is 9.58. The molecular formula is C13H20ClNO3. The minimum absolute atomic E-state index is 0.0326. The number of benzene rings is 1. The summed E-state index contributed by atoms with van der Waals surface area (Å²) in [6, 6.07) is 5.52. The number of aliphatic hydroxyl groups excluding tert-OH is 1. The Kier molecular flexibility index (Phi) is 6.43. The molecule has 0 saturated carbocycles. The molecule has 0 spiro atoms. The van der Waals surface area contributed by atoms with Crippen molar-refractivity contribution >= 4 is 11.6 Å². The van der Waals surface area contributed by atoms with Crippen LogP contribution in [0.15, 0.2) is 18.2 Å². The minimum atomic E-state index is -0.525. The van der Waals surface area contributed by atoms with Crippen molar-refractivity contribution in [1.82, 2.24) is 5.32 Å². The van der Waals surface area contributed by atoms with Crippen LogP contribution in [0.2, 0.25) is 5.02 Å². The highest BCUT2D eigenvalue weighted by Gasteiger charge is 2.13. The second-order valence-corrected chi connectivity index (χ2v) is 4.56. The Hall–Kier alpha value is -0.810. The lowest BCUT2D eigenvalue weighted by atomic mass is 10.1. The van der Waals surface area contributed by atoms with E-state index in [0.717, 1.165) is 11.3 Å². The van der Waals surface area contributed by atoms with Crippen molar-refractivity contribution in [3.8, 4) is 5.75 Å². The van der Waals surface area contributed by atoms with Crippen LogP contribution in [0.4, 0.5) is 0 Å². The van der Waals surface area contributed by atoms with Crippen LogP contribution >= 0.6 is 11.6 Å². The van der Waals surface area contributed by atoms with Crippen LogP contribution in [0.25, 0.3) is 0 Å². The van der Waals surface area contributed by atoms with Gasteiger partial charge >= 0.3 is 0 Å². The molecule has 1 rings (SSSR count). The lowest BCUT2D eigenvalue weighted by Gasteiger charge is -2.19. The van der Waals surface area contributed by atoms with Gasteiger partial charge in [-0.15, -0.1) is 0 Å². The number of methoxy groups -OCH3 is 2. The molecule has 1 aromatic carbocycles. The highest BCUT2D eigenvalue weighted by Crippen LogP contribution is 2.27. The van der Waals surface area contributed by atoms with Gasteiger partial charge in [0.15, 0.2) is 0 Å². The number of ether oxygens (including phenoxy) is 2. The van der Waals surface area contributed by atoms with Crippen molar-refractivity contribution in [3.05, 3.63) is 28.8 Å². The molecule has 4 nitrogen and oxygen atoms in total. The first kappa shape index (κ1) is 15.2. The Morgan fingerprint density at radius 1 is 1.39 bits per heavy atom. The fourth-order valence-electron chi connectivity index (χ4n) is 1.72. The van der Waals surface area contributed by atoms with Crippen molar-refractivity contribution < 1.29 is 14.6 Å². The molecule has 0 bridgehead atoms. The molecule has 0 aliphatic rings. The van der Waals surface area contributed by atoms with Crippen LogP contribution in [0.5, 0.6) is 5.75 Å². The summed E-state index contributed by atoms with van der Waals surface area (Å²) in [6.07, 6.45) is -0.525. The zero-order valence-electron chi connectivity index (χ0n) is 10.9. The third-order valence-corrected chi connectivity index (χ3v) is 2.91. The van der Waals surface area contributed by atoms with E-state index in [1.165, 1.54) is 0 Å². The molecule has 0 fully saturated rings. The van der Waals surface area contributed by atoms with Crippen molar-refractivity contribution in [3.63, 3.8) is 0 Å². The molecule has 2 unspecified atom stereocenters. The van der Waals surface area contributed by atoms with E-state index in [1.807, 2.05) is 19.1 Å². The van der Waals surface area contributed by atoms with Gasteiger partial charge in [0.05, 0.1) is 19.8 Å². The zero-order valence-corrected chi connectivity index (χ0v) is 11.7. The van der Waals surface area contributed by atoms with Gasteiger partial charge in [-0.25, -0.2) is 0 Å². The Balaban J connectivity index is 2.65. The van der Waals surface area contributed by atoms with Crippen molar-refractivity contribution in [2.24, 2.45) is 0 Å². The number of aliphatic hydroxyl groups is 1. The number of halogens is 1. The summed E-state index contributed by atoms with van der Waals surface area (Å²) in [5.41, 5.74) is 0.967. The highest BCUT2D eigenvalue weighted by atomic mass is 35.5. The van der Waals surface area contributed by atoms with Gasteiger partial charge in [-0.05, 0) is 25.1 Å². The third-order valence-electron chi connectivity index (χ3n) is 2.68. The van der Waals surface area contributed by atoms with Gasteiger partial charge in [-0.1, -0.05) is 11.6 Å². The first-order valence-electron chi connectivity index (χ1n) is 5.82. The molecule has 2 N–H and O–H groups in total. The van der Waals surface area contributed by atoms with Gasteiger partial charge in [0.1, 0.15) is 5.75 Å². The fraction of sp³-hybridized carbons (Fsp3) is 0.538. The minimum Gasteiger partial charge on any atom is -0.496 e. The summed E-state index contributed by atoms with van der Waals surface area (Å²) in [5.74, 6) is 0.778. The molecular weight excluding hydrogens is 254 g/mol. The van der Waals surface area contributed by atoms with Crippen LogP contribution < -0.4 is 10.1 Å². The predicted octanol–water partition coefficient (Wildman–Crippen LogP) is 2.01. The van der Waals surface area contributed by atoms with E-state index in [1.54, 1.807) is 20.3 Å². The molecule has 0 aliphatic carbocycles. The summed E-state index contributed by atoms with van der Waals surface area (Å²) >= 11 is 5.98. The Morgan fingerprint density at radius 3 is 2.72 bits per heavy atom. The van der Waals surface area contributed by atoms with Crippen LogP contribution in [0, 0.1) is 0 Å². The van der Waals surface area contributed by atoms with Crippen LogP contribution in [-0.4, -0.2) is 38.6 Å². The molecule has 1 aromatic rings. The lowest BCUT2D eigenvalue weighted by molar-refractivity contribution is 0.0630. The van der Waals surface area contributed by atoms with E-state index in [0.29, 0.717) is 18.2 Å². The molecule has 5 heteroatoms. The number of hydrogen-bond donors (Lipinski definition) is 2. The topological polar surface area (TPSA) is 50.7 Å². The van der Waals surface area contributed by atoms with Crippen LogP contribution in [0.1, 0.15) is 18.5 Å². The largest absolute Gasteiger partial charge is 0.496 e. The summed E-state index contributed by atoms with van der Waals surface area (Å²) < 4.78 is 10.2. The second-order valence-electron chi connectivity index (χ2n) is 4.13. The molecule has 102 valence electrons. The van der Waals surface area contributed by atoms with Gasteiger partial charge in [0.2, 0.25) is 0 Å². The number of rotatable bonds is 7. The maximum Gasteiger partial charge on any atom is 0.123 e. The molecule has 2 atom stereocenters. The standard InChI is InChI=1S/C13H20ClNO3/c1-9(15-7-11(16)8-17-2)12-6-10(14)4-5-13(12)18-3/h4-6,9,11,15-16H,7-8H2,1-3H3. The van der Waals surface area contributed by atoms with E-state index >= 15 is 0 Å². The monoisotopic (exact) mass is 273 g/mol. The van der Waals surface area contributed by atoms with Gasteiger partial charge in [-0.3, -0.25) is 0 Å². The molecule has 0 aliphatic heterocycles. The number of nitrogens with one attached hydrogen (secondary N) is 1. The molecule has 0 saturated heterocycles. The summed E-state index contributed by atoms with van der Waals surface area (Å²) in [6.45, 7) is 2.75. The lowest BCUT2D eigenvalue weighted by Crippen LogP contribution is -2.32. The molecule has 0 radical (unpaired) electrons. The second kappa shape index (κ2) is 7.59. The Morgan fingerprint density at radius 2 is 2.11 bits per heavy atom. The van der Waals surface area contributed by atoms with Gasteiger partial charge in [-0.2, -0.15) is 0 Å². The molecule has 0 aromatic heterocycles. The van der Waals surface area contributed by atoms with Crippen LogP contribution in [-0.2, 0) is 4.74 Å². The van der Waals surface area contributed by atoms with Crippen molar-refractivity contribution in [1.29, 1.82) is 0 Å². The average molecular weight is 274 g/mol. The van der Waals surface area contributed by atoms with E-state index in [2.05, 4.69) is 5.32 Å². The van der Waals surface area contributed by atoms with Crippen molar-refractivity contribution in [2.75, 3.05) is 27.4 Å². The molecule has 0 amide bonds. The normalized spacial score (nSPS) is 14.3. The van der Waals surface area contributed by atoms with Crippen molar-refractivity contribution in [2.45, 2.75) is 19.1 Å². The zero-order chi connectivity index (χ0) is 13.5. The van der Waals surface area contributed by atoms with E-state index in [4.69, 9.17) is 21.1 Å². The average Bonchev–Trinajstić information content (AvgIpc) is 2.36. The highest BCUT2D eigenvalue weighted by molar-refractivity contribution is 6.30. The Labute approximate surface area is 113 Å². The Bertz CT molecular complexity index is 373. The first-order chi connectivity index (χ1) is 8.58.